The van der Waals surface area contributed by atoms with Crippen molar-refractivity contribution in [3.05, 3.63) is 29.8 Å². The molecular weight excluding hydrogens is 467 g/mol. The van der Waals surface area contributed by atoms with E-state index in [1.165, 1.54) is 31.4 Å². The molecule has 1 fully saturated rings. The number of sulfonamides is 1. The quantitative estimate of drug-likeness (QED) is 0.401. The maximum atomic E-state index is 12.6. The zero-order valence-corrected chi connectivity index (χ0v) is 19.5. The van der Waals surface area contributed by atoms with Crippen molar-refractivity contribution in [2.45, 2.75) is 31.3 Å². The van der Waals surface area contributed by atoms with Crippen molar-refractivity contribution in [2.24, 2.45) is 5.41 Å². The van der Waals surface area contributed by atoms with Crippen LogP contribution in [0.5, 0.6) is 0 Å². The van der Waals surface area contributed by atoms with Gasteiger partial charge in [-0.15, -0.1) is 0 Å². The molecule has 1 aromatic carbocycles. The summed E-state index contributed by atoms with van der Waals surface area (Å²) >= 11 is 0. The van der Waals surface area contributed by atoms with E-state index >= 15 is 0 Å². The average molecular weight is 492 g/mol. The molecule has 178 valence electrons. The maximum absolute atomic E-state index is 12.6. The summed E-state index contributed by atoms with van der Waals surface area (Å²) in [5, 5.41) is 2.52. The van der Waals surface area contributed by atoms with E-state index in [1.54, 1.807) is 13.8 Å². The molecule has 0 saturated carbocycles. The van der Waals surface area contributed by atoms with E-state index in [4.69, 9.17) is 13.6 Å². The van der Waals surface area contributed by atoms with Crippen LogP contribution in [0, 0.1) is 5.41 Å². The van der Waals surface area contributed by atoms with Crippen LogP contribution in [0.3, 0.4) is 0 Å². The van der Waals surface area contributed by atoms with Gasteiger partial charge in [0, 0.05) is 0 Å². The van der Waals surface area contributed by atoms with Crippen LogP contribution in [0.4, 0.5) is 0 Å². The number of carbonyl (C=O) groups is 3. The van der Waals surface area contributed by atoms with Gasteiger partial charge in [-0.05, 0) is 0 Å². The molecule has 2 amide bonds. The molecule has 3 rings (SSSR count). The number of benzene rings is 1. The van der Waals surface area contributed by atoms with E-state index in [1.807, 2.05) is 0 Å². The van der Waals surface area contributed by atoms with Crippen LogP contribution in [-0.2, 0) is 37.9 Å². The molecule has 1 aromatic rings. The van der Waals surface area contributed by atoms with Gasteiger partial charge in [0.2, 0.25) is 0 Å². The molecule has 2 aliphatic rings. The van der Waals surface area contributed by atoms with Gasteiger partial charge in [0.05, 0.1) is 0 Å². The first kappa shape index (κ1) is 24.5. The normalized spacial score (nSPS) is 23.8. The number of nitrogens with zero attached hydrogens (tertiary/aromatic N) is 1. The number of esters is 1. The number of fused-ring (bicyclic) bond motifs is 1. The van der Waals surface area contributed by atoms with Crippen molar-refractivity contribution >= 4 is 36.0 Å². The number of ether oxygens (including phenoxy) is 1. The molecule has 32 heavy (non-hydrogen) atoms. The SMILES string of the molecule is COC(=O)CCNC(=O)[C@@H]1O[PH](O)(OCN2C(=O)c3ccccc3S2(=O)=O)OCC1(C)C. The zero-order valence-electron chi connectivity index (χ0n) is 17.7. The molecule has 2 N–H and O–H groups in total. The van der Waals surface area contributed by atoms with Crippen molar-refractivity contribution < 1.29 is 46.0 Å². The number of rotatable bonds is 7. The molecule has 0 aliphatic carbocycles. The third kappa shape index (κ3) is 4.77. The Bertz CT molecular complexity index is 1030. The predicted octanol–water partition coefficient (Wildman–Crippen LogP) is 0.328. The Labute approximate surface area is 185 Å². The Morgan fingerprint density at radius 2 is 2.03 bits per heavy atom. The Balaban J connectivity index is 1.67. The van der Waals surface area contributed by atoms with Crippen molar-refractivity contribution in [1.82, 2.24) is 9.62 Å². The average Bonchev–Trinajstić information content (AvgIpc) is 2.94. The van der Waals surface area contributed by atoms with E-state index < -0.39 is 54.2 Å². The molecule has 0 aromatic heterocycles. The van der Waals surface area contributed by atoms with Crippen LogP contribution in [0.2, 0.25) is 0 Å². The molecule has 0 unspecified atom stereocenters. The summed E-state index contributed by atoms with van der Waals surface area (Å²) in [6.45, 7) is 2.33. The van der Waals surface area contributed by atoms with Crippen LogP contribution in [0.25, 0.3) is 0 Å². The topological polar surface area (TPSA) is 158 Å². The summed E-state index contributed by atoms with van der Waals surface area (Å²) in [6, 6.07) is 5.67. The number of nitrogens with one attached hydrogen (secondary N) is 1. The minimum absolute atomic E-state index is 0.0120. The van der Waals surface area contributed by atoms with E-state index in [2.05, 4.69) is 10.1 Å². The fourth-order valence-electron chi connectivity index (χ4n) is 3.16. The molecule has 2 aliphatic heterocycles. The van der Waals surface area contributed by atoms with Gasteiger partial charge >= 0.3 is 185 Å². The van der Waals surface area contributed by atoms with Crippen LogP contribution in [0.1, 0.15) is 30.6 Å². The Kier molecular flexibility index (Phi) is 6.89. The fourth-order valence-corrected chi connectivity index (χ4v) is 6.47. The van der Waals surface area contributed by atoms with Crippen LogP contribution < -0.4 is 5.32 Å². The van der Waals surface area contributed by atoms with Gasteiger partial charge < -0.3 is 0 Å². The third-order valence-corrected chi connectivity index (χ3v) is 8.27. The third-order valence-electron chi connectivity index (χ3n) is 4.97. The molecular formula is C18H25N2O10PS. The van der Waals surface area contributed by atoms with Crippen molar-refractivity contribution in [3.8, 4) is 0 Å². The van der Waals surface area contributed by atoms with Gasteiger partial charge in [0.15, 0.2) is 0 Å². The standard InChI is InChI=1S/C18H25N2O10PS/c1-18(2)10-28-31(24,30-15(18)16(22)19-9-8-14(21)27-3)29-11-20-17(23)12-6-4-5-7-13(12)32(20,25)26/h4-7,15,24,31H,8-11H2,1-3H3,(H,19,22)/t15-/m0/s1. The molecule has 1 saturated heterocycles. The minimum atomic E-state index is -4.49. The first-order chi connectivity index (χ1) is 14.9. The first-order valence-electron chi connectivity index (χ1n) is 9.60. The Hall–Kier alpha value is -2.15. The van der Waals surface area contributed by atoms with Gasteiger partial charge in [-0.2, -0.15) is 0 Å². The molecule has 0 bridgehead atoms. The molecule has 1 atom stereocenters. The van der Waals surface area contributed by atoms with E-state index in [-0.39, 0.29) is 30.0 Å². The number of hydrogen-bond donors (Lipinski definition) is 2. The number of methoxy groups -OCH3 is 1. The van der Waals surface area contributed by atoms with Gasteiger partial charge in [0.25, 0.3) is 0 Å². The molecule has 14 heteroatoms. The fraction of sp³-hybridized carbons (Fsp3) is 0.500. The summed E-state index contributed by atoms with van der Waals surface area (Å²) in [7, 11) is -7.43. The number of amides is 2. The first-order valence-corrected chi connectivity index (χ1v) is 12.7. The second-order valence-corrected chi connectivity index (χ2v) is 11.5. The second-order valence-electron chi connectivity index (χ2n) is 7.84. The number of hydrogen-bond acceptors (Lipinski definition) is 10. The predicted molar refractivity (Wildman–Crippen MR) is 111 cm³/mol. The summed E-state index contributed by atoms with van der Waals surface area (Å²) < 4.78 is 46.2. The Morgan fingerprint density at radius 1 is 1.34 bits per heavy atom. The molecule has 0 spiro atoms. The van der Waals surface area contributed by atoms with Gasteiger partial charge in [-0.25, -0.2) is 0 Å². The van der Waals surface area contributed by atoms with Gasteiger partial charge in [-0.1, -0.05) is 0 Å². The van der Waals surface area contributed by atoms with E-state index in [0.717, 1.165) is 0 Å². The number of carbonyl (C=O) groups excluding carboxylic acids is 3. The Morgan fingerprint density at radius 3 is 2.69 bits per heavy atom. The second kappa shape index (κ2) is 9.00. The summed E-state index contributed by atoms with van der Waals surface area (Å²) in [6.07, 6.45) is -1.27. The van der Waals surface area contributed by atoms with Crippen molar-refractivity contribution in [2.75, 3.05) is 27.0 Å². The van der Waals surface area contributed by atoms with Gasteiger partial charge in [0.1, 0.15) is 0 Å². The van der Waals surface area contributed by atoms with Crippen molar-refractivity contribution in [1.29, 1.82) is 0 Å². The molecule has 2 heterocycles. The summed E-state index contributed by atoms with van der Waals surface area (Å²) in [4.78, 5) is 46.8. The van der Waals surface area contributed by atoms with Crippen LogP contribution in [0.15, 0.2) is 29.2 Å². The zero-order chi connectivity index (χ0) is 23.7. The summed E-state index contributed by atoms with van der Waals surface area (Å²) in [5.41, 5.74) is -0.886. The van der Waals surface area contributed by atoms with Gasteiger partial charge in [-0.3, -0.25) is 0 Å². The molecule has 0 radical (unpaired) electrons. The monoisotopic (exact) mass is 492 g/mol. The van der Waals surface area contributed by atoms with E-state index in [0.29, 0.717) is 4.31 Å². The van der Waals surface area contributed by atoms with E-state index in [9.17, 15) is 27.7 Å². The van der Waals surface area contributed by atoms with Crippen molar-refractivity contribution in [3.63, 3.8) is 0 Å². The summed E-state index contributed by atoms with van der Waals surface area (Å²) in [5.74, 6) is -1.94. The van der Waals surface area contributed by atoms with Crippen LogP contribution in [-0.4, -0.2) is 68.5 Å². The van der Waals surface area contributed by atoms with Crippen LogP contribution >= 0.6 is 8.17 Å². The molecule has 12 nitrogen and oxygen atoms in total.